The van der Waals surface area contributed by atoms with Crippen molar-refractivity contribution in [3.8, 4) is 5.75 Å². The average Bonchev–Trinajstić information content (AvgIpc) is 2.46. The van der Waals surface area contributed by atoms with E-state index in [0.29, 0.717) is 10.3 Å². The molecular formula is C12H11BrN4O3. The van der Waals surface area contributed by atoms with E-state index in [-0.39, 0.29) is 18.0 Å². The summed E-state index contributed by atoms with van der Waals surface area (Å²) in [5, 5.41) is 10.9. The topological polar surface area (TPSA) is 103 Å². The van der Waals surface area contributed by atoms with E-state index in [2.05, 4.69) is 26.3 Å². The molecule has 0 bridgehead atoms. The highest BCUT2D eigenvalue weighted by Gasteiger charge is 2.15. The number of benzene rings is 1. The molecule has 20 heavy (non-hydrogen) atoms. The first-order chi connectivity index (χ1) is 9.60. The fourth-order valence-corrected chi connectivity index (χ4v) is 1.86. The van der Waals surface area contributed by atoms with Gasteiger partial charge in [-0.3, -0.25) is 10.1 Å². The third-order valence-electron chi connectivity index (χ3n) is 2.48. The van der Waals surface area contributed by atoms with E-state index in [4.69, 9.17) is 10.6 Å². The average molecular weight is 339 g/mol. The van der Waals surface area contributed by atoms with E-state index in [9.17, 15) is 10.1 Å². The molecule has 7 nitrogen and oxygen atoms in total. The van der Waals surface area contributed by atoms with Crippen molar-refractivity contribution in [2.75, 3.05) is 5.43 Å². The first kappa shape index (κ1) is 14.2. The number of nitro benzene ring substituents is 1. The fourth-order valence-electron chi connectivity index (χ4n) is 1.51. The molecule has 0 saturated carbocycles. The Morgan fingerprint density at radius 2 is 2.20 bits per heavy atom. The minimum absolute atomic E-state index is 0.0902. The van der Waals surface area contributed by atoms with Gasteiger partial charge in [-0.2, -0.15) is 0 Å². The number of ether oxygens (including phenoxy) is 1. The lowest BCUT2D eigenvalue weighted by Gasteiger charge is -2.07. The van der Waals surface area contributed by atoms with Crippen molar-refractivity contribution in [1.82, 2.24) is 4.98 Å². The second kappa shape index (κ2) is 6.31. The summed E-state index contributed by atoms with van der Waals surface area (Å²) in [6, 6.07) is 8.09. The van der Waals surface area contributed by atoms with Crippen molar-refractivity contribution >= 4 is 27.4 Å². The summed E-state index contributed by atoms with van der Waals surface area (Å²) in [6.07, 6.45) is 1.58. The molecule has 104 valence electrons. The largest absolute Gasteiger partial charge is 0.482 e. The Kier molecular flexibility index (Phi) is 4.49. The Hall–Kier alpha value is -2.19. The molecule has 0 saturated heterocycles. The lowest BCUT2D eigenvalue weighted by Crippen LogP contribution is -2.08. The molecule has 0 radical (unpaired) electrons. The Labute approximate surface area is 123 Å². The quantitative estimate of drug-likeness (QED) is 0.493. The van der Waals surface area contributed by atoms with Gasteiger partial charge in [-0.05, 0) is 18.2 Å². The highest BCUT2D eigenvalue weighted by molar-refractivity contribution is 9.10. The van der Waals surface area contributed by atoms with E-state index in [0.717, 1.165) is 5.56 Å². The summed E-state index contributed by atoms with van der Waals surface area (Å²) in [7, 11) is 0. The molecule has 0 aliphatic carbocycles. The van der Waals surface area contributed by atoms with E-state index in [1.54, 1.807) is 30.5 Å². The molecule has 3 N–H and O–H groups in total. The van der Waals surface area contributed by atoms with Gasteiger partial charge in [0.05, 0.1) is 4.92 Å². The lowest BCUT2D eigenvalue weighted by atomic mass is 10.3. The first-order valence-electron chi connectivity index (χ1n) is 5.58. The van der Waals surface area contributed by atoms with Crippen LogP contribution in [0.25, 0.3) is 0 Å². The van der Waals surface area contributed by atoms with Crippen LogP contribution in [-0.2, 0) is 6.61 Å². The number of anilines is 1. The monoisotopic (exact) mass is 338 g/mol. The predicted molar refractivity (Wildman–Crippen MR) is 77.2 cm³/mol. The SMILES string of the molecule is NNc1ccc(COc2ccc(Br)cc2[N+](=O)[O-])cn1. The number of hydrogen-bond donors (Lipinski definition) is 2. The molecule has 0 amide bonds. The van der Waals surface area contributed by atoms with E-state index in [1.165, 1.54) is 6.07 Å². The van der Waals surface area contributed by atoms with Crippen LogP contribution < -0.4 is 16.0 Å². The minimum atomic E-state index is -0.486. The van der Waals surface area contributed by atoms with Crippen LogP contribution in [0.3, 0.4) is 0 Å². The van der Waals surface area contributed by atoms with Crippen molar-refractivity contribution in [2.24, 2.45) is 5.84 Å². The number of nitrogen functional groups attached to an aromatic ring is 1. The molecule has 0 spiro atoms. The Balaban J connectivity index is 2.12. The van der Waals surface area contributed by atoms with Crippen molar-refractivity contribution in [2.45, 2.75) is 6.61 Å². The second-order valence-electron chi connectivity index (χ2n) is 3.85. The van der Waals surface area contributed by atoms with Crippen molar-refractivity contribution in [3.05, 3.63) is 56.7 Å². The molecule has 2 aromatic rings. The number of rotatable bonds is 5. The molecular weight excluding hydrogens is 328 g/mol. The number of aromatic nitrogens is 1. The molecule has 0 unspecified atom stereocenters. The third-order valence-corrected chi connectivity index (χ3v) is 2.98. The summed E-state index contributed by atoms with van der Waals surface area (Å²) in [5.41, 5.74) is 3.10. The maximum atomic E-state index is 10.9. The zero-order valence-electron chi connectivity index (χ0n) is 10.2. The maximum Gasteiger partial charge on any atom is 0.312 e. The highest BCUT2D eigenvalue weighted by Crippen LogP contribution is 2.30. The van der Waals surface area contributed by atoms with Gasteiger partial charge in [-0.25, -0.2) is 10.8 Å². The molecule has 0 aliphatic heterocycles. The van der Waals surface area contributed by atoms with Gasteiger partial charge in [0.1, 0.15) is 12.4 Å². The van der Waals surface area contributed by atoms with Crippen LogP contribution in [0.2, 0.25) is 0 Å². The van der Waals surface area contributed by atoms with Gasteiger partial charge in [0.2, 0.25) is 0 Å². The van der Waals surface area contributed by atoms with E-state index in [1.807, 2.05) is 0 Å². The van der Waals surface area contributed by atoms with Crippen molar-refractivity contribution < 1.29 is 9.66 Å². The predicted octanol–water partition coefficient (Wildman–Crippen LogP) is 2.62. The summed E-state index contributed by atoms with van der Waals surface area (Å²) >= 11 is 3.19. The van der Waals surface area contributed by atoms with Crippen LogP contribution in [0.1, 0.15) is 5.56 Å². The van der Waals surface area contributed by atoms with E-state index >= 15 is 0 Å². The van der Waals surface area contributed by atoms with E-state index < -0.39 is 4.92 Å². The van der Waals surface area contributed by atoms with Crippen molar-refractivity contribution in [3.63, 3.8) is 0 Å². The molecule has 1 aromatic carbocycles. The molecule has 8 heteroatoms. The fraction of sp³-hybridized carbons (Fsp3) is 0.0833. The zero-order chi connectivity index (χ0) is 14.5. The Bertz CT molecular complexity index is 619. The van der Waals surface area contributed by atoms with Crippen LogP contribution in [0, 0.1) is 10.1 Å². The molecule has 0 atom stereocenters. The lowest BCUT2D eigenvalue weighted by molar-refractivity contribution is -0.386. The number of pyridine rings is 1. The normalized spacial score (nSPS) is 10.1. The molecule has 0 fully saturated rings. The minimum Gasteiger partial charge on any atom is -0.482 e. The van der Waals surface area contributed by atoms with Gasteiger partial charge in [-0.15, -0.1) is 0 Å². The number of nitrogens with one attached hydrogen (secondary N) is 1. The highest BCUT2D eigenvalue weighted by atomic mass is 79.9. The van der Waals surface area contributed by atoms with Gasteiger partial charge in [-0.1, -0.05) is 22.0 Å². The smallest absolute Gasteiger partial charge is 0.312 e. The standard InChI is InChI=1S/C12H11BrN4O3/c13-9-2-3-11(10(5-9)17(18)19)20-7-8-1-4-12(16-14)15-6-8/h1-6H,7,14H2,(H,15,16). The Morgan fingerprint density at radius 1 is 1.40 bits per heavy atom. The van der Waals surface area contributed by atoms with Gasteiger partial charge in [0, 0.05) is 22.3 Å². The van der Waals surface area contributed by atoms with Gasteiger partial charge in [0.15, 0.2) is 5.75 Å². The number of nitrogens with two attached hydrogens (primary N) is 1. The summed E-state index contributed by atoms with van der Waals surface area (Å²) < 4.78 is 6.08. The number of hydrazine groups is 1. The summed E-state index contributed by atoms with van der Waals surface area (Å²) in [6.45, 7) is 0.181. The van der Waals surface area contributed by atoms with Gasteiger partial charge < -0.3 is 10.2 Å². The van der Waals surface area contributed by atoms with Crippen LogP contribution in [-0.4, -0.2) is 9.91 Å². The second-order valence-corrected chi connectivity index (χ2v) is 4.77. The summed E-state index contributed by atoms with van der Waals surface area (Å²) in [5.74, 6) is 5.95. The van der Waals surface area contributed by atoms with Crippen LogP contribution in [0.4, 0.5) is 11.5 Å². The molecule has 0 aliphatic rings. The van der Waals surface area contributed by atoms with Crippen LogP contribution in [0.15, 0.2) is 41.0 Å². The number of hydrogen-bond acceptors (Lipinski definition) is 6. The Morgan fingerprint density at radius 3 is 2.80 bits per heavy atom. The van der Waals surface area contributed by atoms with Crippen LogP contribution >= 0.6 is 15.9 Å². The van der Waals surface area contributed by atoms with Crippen LogP contribution in [0.5, 0.6) is 5.75 Å². The number of nitro groups is 1. The van der Waals surface area contributed by atoms with Crippen molar-refractivity contribution in [1.29, 1.82) is 0 Å². The molecule has 2 rings (SSSR count). The first-order valence-corrected chi connectivity index (χ1v) is 6.37. The third kappa shape index (κ3) is 3.43. The molecule has 1 aromatic heterocycles. The molecule has 1 heterocycles. The number of nitrogens with zero attached hydrogens (tertiary/aromatic N) is 2. The van der Waals surface area contributed by atoms with Gasteiger partial charge >= 0.3 is 5.69 Å². The number of halogens is 1. The maximum absolute atomic E-state index is 10.9. The van der Waals surface area contributed by atoms with Gasteiger partial charge in [0.25, 0.3) is 0 Å². The summed E-state index contributed by atoms with van der Waals surface area (Å²) in [4.78, 5) is 14.5. The zero-order valence-corrected chi connectivity index (χ0v) is 11.8.